The van der Waals surface area contributed by atoms with E-state index < -0.39 is 0 Å². The number of ether oxygens (including phenoxy) is 4. The highest BCUT2D eigenvalue weighted by Gasteiger charge is 2.24. The topological polar surface area (TPSA) is 131 Å². The van der Waals surface area contributed by atoms with Gasteiger partial charge in [-0.15, -0.1) is 0 Å². The number of ketones is 4. The molecule has 0 bridgehead atoms. The minimum absolute atomic E-state index is 0.0776. The molecule has 4 aliphatic heterocycles. The molecule has 18 rings (SSSR count). The molecule has 0 aliphatic carbocycles. The number of carbonyl (C=O) groups excluding carboxylic acids is 4. The van der Waals surface area contributed by atoms with Crippen LogP contribution in [0.1, 0.15) is 132 Å². The van der Waals surface area contributed by atoms with Crippen molar-refractivity contribution in [2.45, 2.75) is 122 Å². The summed E-state index contributed by atoms with van der Waals surface area (Å²) in [6.45, 7) is 14.8. The Balaban J connectivity index is 0.000000133. The number of nitrogens with zero attached hydrogens (tertiary/aromatic N) is 5. The highest BCUT2D eigenvalue weighted by atomic mass is 35.5. The number of hydrogen-bond acceptors (Lipinski definition) is 13. The molecule has 5 heterocycles. The summed E-state index contributed by atoms with van der Waals surface area (Å²) in [5.74, 6) is 4.21. The Morgan fingerprint density at radius 3 is 0.985 bits per heavy atom. The maximum Gasteiger partial charge on any atom is 0.167 e. The van der Waals surface area contributed by atoms with Gasteiger partial charge in [-0.05, 0) is 292 Å². The average molecular weight is 1750 g/mol. The Kier molecular flexibility index (Phi) is 31.9. The molecule has 130 heavy (non-hydrogen) atoms. The normalized spacial score (nSPS) is 14.9. The van der Waals surface area contributed by atoms with E-state index in [-0.39, 0.29) is 23.1 Å². The van der Waals surface area contributed by atoms with Crippen molar-refractivity contribution in [2.75, 3.05) is 80.5 Å². The number of aryl methyl sites for hydroxylation is 3. The molecule has 1 aromatic heterocycles. The molecule has 0 N–H and O–H groups in total. The number of aromatic nitrogens is 1. The average Bonchev–Trinajstić information content (AvgIpc) is 0.824. The number of benzene rings is 13. The van der Waals surface area contributed by atoms with Crippen LogP contribution in [-0.4, -0.2) is 153 Å². The number of carbonyl (C=O) groups is 4. The van der Waals surface area contributed by atoms with E-state index in [0.717, 1.165) is 243 Å². The summed E-state index contributed by atoms with van der Waals surface area (Å²) in [4.78, 5) is 64.9. The molecule has 4 aliphatic rings. The van der Waals surface area contributed by atoms with Gasteiger partial charge in [0.25, 0.3) is 0 Å². The van der Waals surface area contributed by atoms with Crippen molar-refractivity contribution in [3.05, 3.63) is 388 Å². The maximum atomic E-state index is 13.2. The van der Waals surface area contributed by atoms with Crippen LogP contribution in [0, 0.1) is 20.8 Å². The fraction of sp³-hybridized carbons (Fsp3) is 0.267. The molecule has 662 valence electrons. The zero-order valence-electron chi connectivity index (χ0n) is 75.9. The first kappa shape index (κ1) is 92.0. The number of fused-ring (bicyclic) bond motifs is 1. The second-order valence-corrected chi connectivity index (χ2v) is 35.8. The second-order valence-electron chi connectivity index (χ2n) is 35.4. The van der Waals surface area contributed by atoms with Crippen LogP contribution in [0.2, 0.25) is 5.02 Å². The number of hydrogen-bond donors (Lipinski definition) is 0. The van der Waals surface area contributed by atoms with Crippen LogP contribution in [0.25, 0.3) is 66.5 Å². The lowest BCUT2D eigenvalue weighted by Crippen LogP contribution is -2.35. The highest BCUT2D eigenvalue weighted by molar-refractivity contribution is 6.31. The number of likely N-dealkylation sites (tertiary alicyclic amines) is 4. The molecule has 0 radical (unpaired) electrons. The summed E-state index contributed by atoms with van der Waals surface area (Å²) in [5, 5.41) is 1.59. The van der Waals surface area contributed by atoms with E-state index in [0.29, 0.717) is 60.7 Å². The minimum atomic E-state index is 0.0776. The third-order valence-corrected chi connectivity index (χ3v) is 25.5. The van der Waals surface area contributed by atoms with Gasteiger partial charge in [-0.25, -0.2) is 0 Å². The molecule has 0 amide bonds. The van der Waals surface area contributed by atoms with Gasteiger partial charge in [0.2, 0.25) is 0 Å². The van der Waals surface area contributed by atoms with Gasteiger partial charge >= 0.3 is 0 Å². The first-order chi connectivity index (χ1) is 63.2. The van der Waals surface area contributed by atoms with Gasteiger partial charge in [0.15, 0.2) is 23.1 Å². The van der Waals surface area contributed by atoms with Gasteiger partial charge in [-0.1, -0.05) is 230 Å². The van der Waals surface area contributed by atoms with E-state index >= 15 is 0 Å². The smallest absolute Gasteiger partial charge is 0.167 e. The van der Waals surface area contributed by atoms with E-state index in [1.165, 1.54) is 5.56 Å². The molecular weight excluding hydrogens is 1630 g/mol. The first-order valence-electron chi connectivity index (χ1n) is 45.9. The molecule has 0 unspecified atom stereocenters. The van der Waals surface area contributed by atoms with Crippen LogP contribution >= 0.6 is 11.6 Å². The van der Waals surface area contributed by atoms with Crippen molar-refractivity contribution in [2.24, 2.45) is 0 Å². The van der Waals surface area contributed by atoms with Gasteiger partial charge in [0.05, 0.1) is 5.52 Å². The predicted octanol–water partition coefficient (Wildman–Crippen LogP) is 24.8. The molecule has 4 saturated heterocycles. The Morgan fingerprint density at radius 1 is 0.300 bits per heavy atom. The zero-order valence-corrected chi connectivity index (χ0v) is 76.7. The molecule has 0 atom stereocenters. The van der Waals surface area contributed by atoms with E-state index in [9.17, 15) is 19.2 Å². The number of pyridine rings is 1. The Hall–Kier alpha value is -12.7. The number of piperidine rings is 4. The summed E-state index contributed by atoms with van der Waals surface area (Å²) >= 11 is 6.09. The lowest BCUT2D eigenvalue weighted by Gasteiger charge is -2.29. The largest absolute Gasteiger partial charge is 0.490 e. The Labute approximate surface area is 772 Å². The monoisotopic (exact) mass is 1740 g/mol. The van der Waals surface area contributed by atoms with Crippen LogP contribution in [0.3, 0.4) is 0 Å². The first-order valence-corrected chi connectivity index (χ1v) is 46.3. The summed E-state index contributed by atoms with van der Waals surface area (Å²) in [5.41, 5.74) is 22.4. The summed E-state index contributed by atoms with van der Waals surface area (Å²) in [7, 11) is 8.64. The molecule has 4 fully saturated rings. The SMILES string of the molecule is CN1CCC(Oc2ccc(-c3ccc(CC(=O)c4ccc5ncccc5c4)cc3)cc2)CC1.CN1CCC(Oc2ccc(-c3ccc(CC(=O)c4ccccc4-c4ccccc4)cc3)cc2)CC1.Cc1cc(Cl)cc(C(=O)Cc2ccc(-c3ccc(OC4CCN(C)CC4)cc3)cc2)c1.Cc1ccc(C(=O)Cc2ccc(-c3ccc(OC4CCN(C)CC4)cc3)cc2)cc1C. The fourth-order valence-electron chi connectivity index (χ4n) is 17.1. The minimum Gasteiger partial charge on any atom is -0.490 e. The highest BCUT2D eigenvalue weighted by Crippen LogP contribution is 2.34. The van der Waals surface area contributed by atoms with Crippen LogP contribution in [0.4, 0.5) is 0 Å². The van der Waals surface area contributed by atoms with Crippen LogP contribution in [-0.2, 0) is 25.7 Å². The number of halogens is 1. The Bertz CT molecular complexity index is 6040. The van der Waals surface area contributed by atoms with Crippen molar-refractivity contribution in [3.8, 4) is 78.6 Å². The third-order valence-electron chi connectivity index (χ3n) is 25.3. The fourth-order valence-corrected chi connectivity index (χ4v) is 17.4. The molecule has 0 saturated carbocycles. The number of Topliss-reactive ketones (excluding diaryl/α,β-unsaturated/α-hetero) is 4. The molecule has 14 heteroatoms. The summed E-state index contributed by atoms with van der Waals surface area (Å²) < 4.78 is 24.6. The summed E-state index contributed by atoms with van der Waals surface area (Å²) in [6.07, 6.45) is 13.2. The van der Waals surface area contributed by atoms with E-state index in [4.69, 9.17) is 30.5 Å². The van der Waals surface area contributed by atoms with Gasteiger partial charge in [0.1, 0.15) is 47.4 Å². The van der Waals surface area contributed by atoms with Gasteiger partial charge < -0.3 is 38.5 Å². The van der Waals surface area contributed by atoms with Crippen LogP contribution in [0.5, 0.6) is 23.0 Å². The molecule has 14 aromatic rings. The zero-order chi connectivity index (χ0) is 90.2. The van der Waals surface area contributed by atoms with Crippen molar-refractivity contribution in [3.63, 3.8) is 0 Å². The lowest BCUT2D eigenvalue weighted by atomic mass is 9.94. The molecule has 13 aromatic carbocycles. The predicted molar refractivity (Wildman–Crippen MR) is 530 cm³/mol. The van der Waals surface area contributed by atoms with Gasteiger partial charge in [0, 0.05) is 117 Å². The van der Waals surface area contributed by atoms with Crippen molar-refractivity contribution in [1.29, 1.82) is 0 Å². The number of rotatable bonds is 25. The third kappa shape index (κ3) is 26.3. The molecule has 13 nitrogen and oxygen atoms in total. The maximum absolute atomic E-state index is 13.2. The lowest BCUT2D eigenvalue weighted by molar-refractivity contribution is 0.0984. The summed E-state index contributed by atoms with van der Waals surface area (Å²) in [6, 6.07) is 105. The molecular formula is C116H118ClN5O8. The van der Waals surface area contributed by atoms with E-state index in [1.54, 1.807) is 12.3 Å². The van der Waals surface area contributed by atoms with Crippen molar-refractivity contribution >= 4 is 45.6 Å². The van der Waals surface area contributed by atoms with Gasteiger partial charge in [-0.2, -0.15) is 0 Å². The van der Waals surface area contributed by atoms with Crippen LogP contribution < -0.4 is 18.9 Å². The van der Waals surface area contributed by atoms with Crippen LogP contribution in [0.15, 0.2) is 322 Å². The second kappa shape index (κ2) is 45.0. The van der Waals surface area contributed by atoms with Gasteiger partial charge in [-0.3, -0.25) is 24.2 Å². The van der Waals surface area contributed by atoms with E-state index in [2.05, 4.69) is 217 Å². The quantitative estimate of drug-likeness (QED) is 0.0504. The van der Waals surface area contributed by atoms with Crippen molar-refractivity contribution in [1.82, 2.24) is 24.6 Å². The van der Waals surface area contributed by atoms with Crippen molar-refractivity contribution < 1.29 is 38.1 Å². The Morgan fingerprint density at radius 2 is 0.623 bits per heavy atom. The molecule has 0 spiro atoms. The van der Waals surface area contributed by atoms with E-state index in [1.807, 2.05) is 166 Å². The standard InChI is InChI=1S/C32H31NO2.C29H28N2O2.C28H31NO2.C27H28ClNO2/c1-33-21-19-29(20-22-33)35-28-17-15-26(16-18-28)25-13-11-24(12-14-25)23-32(34)31-10-6-5-9-30(31)27-7-3-2-4-8-27;1-31-17-14-27(15-18-31)33-26-11-8-23(9-12-26)22-6-4-21(5-7-22)19-29(32)25-10-13-28-24(20-25)3-2-16-30-28;1-20-4-7-25(18-21(20)2)28(30)19-22-5-8-23(9-6-22)24-10-12-26(13-11-24)31-27-14-16-29(3)17-15-27;1-19-15-23(18-24(28)16-19)27(30)17-20-3-5-21(6-4-20)22-7-9-25(10-8-22)31-26-11-13-29(2)14-12-26/h2-18,29H,19-23H2,1H3;2-13,16,20,27H,14-15,17-19H2,1H3;4-13,18,27H,14-17,19H2,1-3H3;3-10,15-16,18,26H,11-14,17H2,1-2H3.